The van der Waals surface area contributed by atoms with Crippen LogP contribution in [0.4, 0.5) is 0 Å². The van der Waals surface area contributed by atoms with Gasteiger partial charge < -0.3 is 17.7 Å². The van der Waals surface area contributed by atoms with Gasteiger partial charge in [-0.25, -0.2) is 0 Å². The second kappa shape index (κ2) is 9.49. The largest absolute Gasteiger partial charge is 0.751 e. The summed E-state index contributed by atoms with van der Waals surface area (Å²) < 4.78 is 22.2. The van der Waals surface area contributed by atoms with Crippen LogP contribution >= 0.6 is 0 Å². The quantitative estimate of drug-likeness (QED) is 0.548. The van der Waals surface area contributed by atoms with Crippen LogP contribution in [0.25, 0.3) is 0 Å². The first-order valence-corrected chi connectivity index (χ1v) is 9.16. The summed E-state index contributed by atoms with van der Waals surface area (Å²) in [7, 11) is -3.36. The first kappa shape index (κ1) is 19.6. The third-order valence-corrected chi connectivity index (χ3v) is 5.25. The number of rotatable bonds is 11. The van der Waals surface area contributed by atoms with E-state index < -0.39 is 14.5 Å². The summed E-state index contributed by atoms with van der Waals surface area (Å²) in [4.78, 5) is 12.4. The Labute approximate surface area is 124 Å². The number of carbonyl (C=O) groups is 1. The maximum absolute atomic E-state index is 12.4. The zero-order valence-corrected chi connectivity index (χ0v) is 14.8. The molecule has 0 aromatic heterocycles. The van der Waals surface area contributed by atoms with E-state index in [-0.39, 0.29) is 5.97 Å². The topological polar surface area (TPSA) is 54.0 Å². The summed E-state index contributed by atoms with van der Waals surface area (Å²) in [5.41, 5.74) is -0.556. The van der Waals surface area contributed by atoms with Crippen molar-refractivity contribution in [3.63, 3.8) is 0 Å². The maximum atomic E-state index is 12.4. The van der Waals surface area contributed by atoms with Crippen molar-refractivity contribution < 1.29 is 22.5 Å². The molecule has 6 heteroatoms. The molecule has 0 aromatic carbocycles. The lowest BCUT2D eigenvalue weighted by Gasteiger charge is -2.30. The first-order chi connectivity index (χ1) is 9.37. The fraction of sp³-hybridized carbons (Fsp3) is 0.929. The van der Waals surface area contributed by atoms with Crippen molar-refractivity contribution in [1.29, 1.82) is 0 Å². The summed E-state index contributed by atoms with van der Waals surface area (Å²) in [6.07, 6.45) is 2.80. The van der Waals surface area contributed by atoms with Gasteiger partial charge in [0.1, 0.15) is 0 Å². The zero-order valence-electron chi connectivity index (χ0n) is 13.8. The zero-order chi connectivity index (χ0) is 15.6. The van der Waals surface area contributed by atoms with Gasteiger partial charge >= 0.3 is 15.0 Å². The van der Waals surface area contributed by atoms with Crippen molar-refractivity contribution in [3.8, 4) is 0 Å². The molecule has 120 valence electrons. The first-order valence-electron chi connectivity index (χ1n) is 7.52. The Kier molecular flexibility index (Phi) is 9.29. The second-order valence-electron chi connectivity index (χ2n) is 5.18. The molecular weight excluding hydrogens is 276 g/mol. The van der Waals surface area contributed by atoms with Gasteiger partial charge in [0.2, 0.25) is 0 Å². The average Bonchev–Trinajstić information content (AvgIpc) is 2.37. The smallest absolute Gasteiger partial charge is 0.451 e. The van der Waals surface area contributed by atoms with Crippen molar-refractivity contribution in [2.45, 2.75) is 60.8 Å². The van der Waals surface area contributed by atoms with Crippen molar-refractivity contribution in [1.82, 2.24) is 0 Å². The maximum Gasteiger partial charge on any atom is 0.751 e. The van der Waals surface area contributed by atoms with E-state index >= 15 is 0 Å². The van der Waals surface area contributed by atoms with E-state index in [9.17, 15) is 4.79 Å². The summed E-state index contributed by atoms with van der Waals surface area (Å²) >= 11 is 0. The standard InChI is InChI=1S/C14H30O5Si/c1-7-11-12-14(5,6)13(15)19-20(16-8-2,17-9-3)18-10-4/h7-12H2,1-6H3. The summed E-state index contributed by atoms with van der Waals surface area (Å²) in [5.74, 6) is -0.312. The Bertz CT molecular complexity index is 264. The highest BCUT2D eigenvalue weighted by atomic mass is 28.4. The van der Waals surface area contributed by atoms with Gasteiger partial charge in [-0.05, 0) is 41.0 Å². The average molecular weight is 306 g/mol. The highest BCUT2D eigenvalue weighted by Crippen LogP contribution is 2.27. The second-order valence-corrected chi connectivity index (χ2v) is 7.25. The third kappa shape index (κ3) is 6.34. The summed E-state index contributed by atoms with van der Waals surface area (Å²) in [5, 5.41) is 0. The van der Waals surface area contributed by atoms with Gasteiger partial charge in [0.15, 0.2) is 0 Å². The van der Waals surface area contributed by atoms with Gasteiger partial charge in [0.05, 0.1) is 5.41 Å². The summed E-state index contributed by atoms with van der Waals surface area (Å²) in [6.45, 7) is 12.5. The van der Waals surface area contributed by atoms with Gasteiger partial charge in [0, 0.05) is 19.8 Å². The van der Waals surface area contributed by atoms with E-state index in [1.807, 2.05) is 34.6 Å². The Morgan fingerprint density at radius 2 is 1.40 bits per heavy atom. The lowest BCUT2D eigenvalue weighted by atomic mass is 9.88. The fourth-order valence-electron chi connectivity index (χ4n) is 1.72. The number of carbonyl (C=O) groups excluding carboxylic acids is 1. The number of unbranched alkanes of at least 4 members (excludes halogenated alkanes) is 1. The minimum atomic E-state index is -3.36. The van der Waals surface area contributed by atoms with Crippen molar-refractivity contribution in [2.24, 2.45) is 5.41 Å². The van der Waals surface area contributed by atoms with Crippen LogP contribution in [0.1, 0.15) is 60.8 Å². The molecule has 0 rings (SSSR count). The van der Waals surface area contributed by atoms with E-state index in [2.05, 4.69) is 6.92 Å². The van der Waals surface area contributed by atoms with Crippen LogP contribution in [0.2, 0.25) is 0 Å². The van der Waals surface area contributed by atoms with Crippen LogP contribution in [0.5, 0.6) is 0 Å². The molecule has 0 aromatic rings. The molecule has 0 spiro atoms. The normalized spacial score (nSPS) is 12.5. The SMILES string of the molecule is CCCCC(C)(C)C(=O)O[Si](OCC)(OCC)OCC. The monoisotopic (exact) mass is 306 g/mol. The molecule has 0 unspecified atom stereocenters. The van der Waals surface area contributed by atoms with E-state index in [1.165, 1.54) is 0 Å². The molecule has 0 fully saturated rings. The van der Waals surface area contributed by atoms with E-state index in [0.717, 1.165) is 19.3 Å². The fourth-order valence-corrected chi connectivity index (χ4v) is 3.71. The Balaban J connectivity index is 4.89. The van der Waals surface area contributed by atoms with Crippen LogP contribution in [0, 0.1) is 5.41 Å². The predicted octanol–water partition coefficient (Wildman–Crippen LogP) is 3.29. The van der Waals surface area contributed by atoms with Crippen LogP contribution in [0.15, 0.2) is 0 Å². The molecule has 0 bridgehead atoms. The van der Waals surface area contributed by atoms with Crippen LogP contribution in [0.3, 0.4) is 0 Å². The van der Waals surface area contributed by atoms with Gasteiger partial charge in [-0.1, -0.05) is 19.8 Å². The van der Waals surface area contributed by atoms with Crippen molar-refractivity contribution in [2.75, 3.05) is 19.8 Å². The highest BCUT2D eigenvalue weighted by Gasteiger charge is 2.51. The Morgan fingerprint density at radius 1 is 0.950 bits per heavy atom. The van der Waals surface area contributed by atoms with Crippen LogP contribution in [-0.4, -0.2) is 34.8 Å². The Hall–Kier alpha value is -0.433. The van der Waals surface area contributed by atoms with Crippen LogP contribution in [-0.2, 0) is 22.5 Å². The van der Waals surface area contributed by atoms with Crippen molar-refractivity contribution in [3.05, 3.63) is 0 Å². The molecule has 0 heterocycles. The van der Waals surface area contributed by atoms with E-state index in [1.54, 1.807) is 0 Å². The molecule has 0 amide bonds. The predicted molar refractivity (Wildman–Crippen MR) is 80.0 cm³/mol. The molecular formula is C14H30O5Si. The van der Waals surface area contributed by atoms with Gasteiger partial charge in [0.25, 0.3) is 0 Å². The van der Waals surface area contributed by atoms with E-state index in [0.29, 0.717) is 19.8 Å². The molecule has 0 atom stereocenters. The lowest BCUT2D eigenvalue weighted by Crippen LogP contribution is -2.52. The molecule has 0 aliphatic heterocycles. The summed E-state index contributed by atoms with van der Waals surface area (Å²) in [6, 6.07) is 0. The van der Waals surface area contributed by atoms with E-state index in [4.69, 9.17) is 17.7 Å². The molecule has 0 aliphatic rings. The number of hydrogen-bond acceptors (Lipinski definition) is 5. The lowest BCUT2D eigenvalue weighted by molar-refractivity contribution is -0.155. The minimum absolute atomic E-state index is 0.312. The van der Waals surface area contributed by atoms with Crippen LogP contribution < -0.4 is 0 Å². The molecule has 0 saturated carbocycles. The molecule has 0 aliphatic carbocycles. The minimum Gasteiger partial charge on any atom is -0.451 e. The molecule has 20 heavy (non-hydrogen) atoms. The van der Waals surface area contributed by atoms with Crippen molar-refractivity contribution >= 4 is 15.0 Å². The van der Waals surface area contributed by atoms with Gasteiger partial charge in [-0.15, -0.1) is 0 Å². The molecule has 0 saturated heterocycles. The van der Waals surface area contributed by atoms with Gasteiger partial charge in [-0.2, -0.15) is 0 Å². The molecule has 0 N–H and O–H groups in total. The highest BCUT2D eigenvalue weighted by molar-refractivity contribution is 6.55. The Morgan fingerprint density at radius 3 is 1.75 bits per heavy atom. The number of hydrogen-bond donors (Lipinski definition) is 0. The molecule has 5 nitrogen and oxygen atoms in total. The molecule has 0 radical (unpaired) electrons. The van der Waals surface area contributed by atoms with Gasteiger partial charge in [-0.3, -0.25) is 4.79 Å². The third-order valence-electron chi connectivity index (χ3n) is 2.89.